The molecule has 1 aliphatic carbocycles. The lowest BCUT2D eigenvalue weighted by molar-refractivity contribution is 0.608. The molecular formula is C20H30N6S. The molecule has 7 heteroatoms. The summed E-state index contributed by atoms with van der Waals surface area (Å²) in [6.07, 6.45) is 7.80. The molecule has 0 unspecified atom stereocenters. The van der Waals surface area contributed by atoms with Crippen molar-refractivity contribution >= 4 is 17.7 Å². The van der Waals surface area contributed by atoms with E-state index in [1.807, 2.05) is 11.8 Å². The molecule has 0 bridgehead atoms. The minimum absolute atomic E-state index is 0.555. The predicted octanol–water partition coefficient (Wildman–Crippen LogP) is 3.11. The lowest BCUT2D eigenvalue weighted by atomic mass is 10.2. The fourth-order valence-electron chi connectivity index (χ4n) is 3.28. The van der Waals surface area contributed by atoms with E-state index in [4.69, 9.17) is 4.99 Å². The van der Waals surface area contributed by atoms with Crippen molar-refractivity contribution in [1.29, 1.82) is 0 Å². The average molecular weight is 387 g/mol. The van der Waals surface area contributed by atoms with Crippen LogP contribution in [0.15, 0.2) is 46.5 Å². The number of guanidine groups is 1. The molecule has 1 aromatic carbocycles. The molecule has 0 saturated heterocycles. The number of hydrogen-bond acceptors (Lipinski definition) is 4. The maximum absolute atomic E-state index is 4.79. The molecule has 27 heavy (non-hydrogen) atoms. The molecule has 0 amide bonds. The first kappa shape index (κ1) is 19.7. The van der Waals surface area contributed by atoms with Crippen LogP contribution >= 0.6 is 11.8 Å². The Kier molecular flexibility index (Phi) is 8.02. The van der Waals surface area contributed by atoms with E-state index in [0.717, 1.165) is 43.6 Å². The Labute approximate surface area is 166 Å². The van der Waals surface area contributed by atoms with Crippen molar-refractivity contribution in [3.63, 3.8) is 0 Å². The summed E-state index contributed by atoms with van der Waals surface area (Å²) in [5.41, 5.74) is 0. The second-order valence-electron chi connectivity index (χ2n) is 6.74. The zero-order chi connectivity index (χ0) is 18.7. The first-order chi connectivity index (χ1) is 13.3. The van der Waals surface area contributed by atoms with Crippen LogP contribution in [-0.4, -0.2) is 45.6 Å². The molecule has 0 spiro atoms. The predicted molar refractivity (Wildman–Crippen MR) is 112 cm³/mol. The molecule has 6 nitrogen and oxygen atoms in total. The van der Waals surface area contributed by atoms with Crippen LogP contribution in [0.2, 0.25) is 0 Å². The minimum atomic E-state index is 0.555. The van der Waals surface area contributed by atoms with Crippen LogP contribution in [0.25, 0.3) is 0 Å². The van der Waals surface area contributed by atoms with Gasteiger partial charge in [-0.25, -0.2) is 0 Å². The second-order valence-corrected chi connectivity index (χ2v) is 7.91. The molecule has 2 N–H and O–H groups in total. The van der Waals surface area contributed by atoms with Gasteiger partial charge in [-0.05, 0) is 25.0 Å². The van der Waals surface area contributed by atoms with E-state index in [0.29, 0.717) is 6.04 Å². The first-order valence-electron chi connectivity index (χ1n) is 9.94. The summed E-state index contributed by atoms with van der Waals surface area (Å²) in [5.74, 6) is 2.96. The van der Waals surface area contributed by atoms with Crippen LogP contribution in [0, 0.1) is 0 Å². The van der Waals surface area contributed by atoms with Gasteiger partial charge in [0.15, 0.2) is 5.96 Å². The zero-order valence-electron chi connectivity index (χ0n) is 16.1. The third-order valence-corrected chi connectivity index (χ3v) is 5.74. The topological polar surface area (TPSA) is 67.1 Å². The van der Waals surface area contributed by atoms with E-state index in [9.17, 15) is 0 Å². The molecule has 1 fully saturated rings. The number of aliphatic imine (C=N–C) groups is 1. The third-order valence-electron chi connectivity index (χ3n) is 4.73. The SMILES string of the molecule is CCc1nncn1CCN=C(NCCSc1ccccc1)NC1CCCC1. The molecule has 0 aliphatic heterocycles. The van der Waals surface area contributed by atoms with Crippen LogP contribution in [-0.2, 0) is 13.0 Å². The number of thioether (sulfide) groups is 1. The summed E-state index contributed by atoms with van der Waals surface area (Å²) < 4.78 is 2.09. The van der Waals surface area contributed by atoms with Crippen molar-refractivity contribution in [2.75, 3.05) is 18.8 Å². The minimum Gasteiger partial charge on any atom is -0.356 e. The van der Waals surface area contributed by atoms with Gasteiger partial charge in [0.05, 0.1) is 6.54 Å². The zero-order valence-corrected chi connectivity index (χ0v) is 16.9. The van der Waals surface area contributed by atoms with E-state index in [1.54, 1.807) is 6.33 Å². The highest BCUT2D eigenvalue weighted by Gasteiger charge is 2.16. The number of aromatic nitrogens is 3. The number of benzene rings is 1. The summed E-state index contributed by atoms with van der Waals surface area (Å²) in [7, 11) is 0. The molecule has 1 aromatic heterocycles. The van der Waals surface area contributed by atoms with Gasteiger partial charge in [-0.1, -0.05) is 38.0 Å². The Morgan fingerprint density at radius 2 is 2.07 bits per heavy atom. The maximum Gasteiger partial charge on any atom is 0.191 e. The molecule has 0 radical (unpaired) electrons. The Morgan fingerprint density at radius 3 is 2.85 bits per heavy atom. The van der Waals surface area contributed by atoms with Crippen molar-refractivity contribution in [2.45, 2.75) is 56.5 Å². The standard InChI is InChI=1S/C20H30N6S/c1-2-19-25-23-16-26(19)14-12-21-20(24-17-8-6-7-9-17)22-13-15-27-18-10-4-3-5-11-18/h3-5,10-11,16-17H,2,6-9,12-15H2,1H3,(H2,21,22,24). The molecule has 1 heterocycles. The highest BCUT2D eigenvalue weighted by Crippen LogP contribution is 2.18. The normalized spacial score (nSPS) is 15.2. The van der Waals surface area contributed by atoms with E-state index in [1.165, 1.54) is 30.6 Å². The monoisotopic (exact) mass is 386 g/mol. The summed E-state index contributed by atoms with van der Waals surface area (Å²) in [6, 6.07) is 11.1. The summed E-state index contributed by atoms with van der Waals surface area (Å²) in [4.78, 5) is 6.10. The molecule has 0 atom stereocenters. The quantitative estimate of drug-likeness (QED) is 0.300. The van der Waals surface area contributed by atoms with Crippen molar-refractivity contribution in [1.82, 2.24) is 25.4 Å². The smallest absolute Gasteiger partial charge is 0.191 e. The lowest BCUT2D eigenvalue weighted by Gasteiger charge is -2.17. The Balaban J connectivity index is 1.48. The Hall–Kier alpha value is -2.02. The van der Waals surface area contributed by atoms with Crippen molar-refractivity contribution < 1.29 is 0 Å². The van der Waals surface area contributed by atoms with Crippen molar-refractivity contribution in [2.24, 2.45) is 4.99 Å². The van der Waals surface area contributed by atoms with Crippen molar-refractivity contribution in [3.05, 3.63) is 42.5 Å². The number of hydrogen-bond donors (Lipinski definition) is 2. The van der Waals surface area contributed by atoms with Gasteiger partial charge in [0.2, 0.25) is 0 Å². The molecule has 146 valence electrons. The molecule has 3 rings (SSSR count). The first-order valence-corrected chi connectivity index (χ1v) is 10.9. The van der Waals surface area contributed by atoms with Gasteiger partial charge < -0.3 is 15.2 Å². The maximum atomic E-state index is 4.79. The van der Waals surface area contributed by atoms with Gasteiger partial charge >= 0.3 is 0 Å². The fraction of sp³-hybridized carbons (Fsp3) is 0.550. The van der Waals surface area contributed by atoms with Crippen LogP contribution in [0.5, 0.6) is 0 Å². The van der Waals surface area contributed by atoms with E-state index in [2.05, 4.69) is 62.7 Å². The van der Waals surface area contributed by atoms with E-state index >= 15 is 0 Å². The Morgan fingerprint density at radius 1 is 1.26 bits per heavy atom. The van der Waals surface area contributed by atoms with Crippen LogP contribution in [0.3, 0.4) is 0 Å². The summed E-state index contributed by atoms with van der Waals surface area (Å²) in [5, 5.41) is 15.2. The largest absolute Gasteiger partial charge is 0.356 e. The third kappa shape index (κ3) is 6.57. The van der Waals surface area contributed by atoms with E-state index < -0.39 is 0 Å². The van der Waals surface area contributed by atoms with E-state index in [-0.39, 0.29) is 0 Å². The molecule has 1 aliphatic rings. The fourth-order valence-corrected chi connectivity index (χ4v) is 4.07. The average Bonchev–Trinajstić information content (AvgIpc) is 3.37. The summed E-state index contributed by atoms with van der Waals surface area (Å²) >= 11 is 1.87. The number of aryl methyl sites for hydroxylation is 1. The molecular weight excluding hydrogens is 356 g/mol. The molecule has 1 saturated carbocycles. The van der Waals surface area contributed by atoms with Gasteiger partial charge in [-0.2, -0.15) is 0 Å². The summed E-state index contributed by atoms with van der Waals surface area (Å²) in [6.45, 7) is 4.53. The second kappa shape index (κ2) is 11.0. The van der Waals surface area contributed by atoms with Crippen LogP contribution < -0.4 is 10.6 Å². The van der Waals surface area contributed by atoms with Crippen molar-refractivity contribution in [3.8, 4) is 0 Å². The number of nitrogens with zero attached hydrogens (tertiary/aromatic N) is 4. The Bertz CT molecular complexity index is 694. The van der Waals surface area contributed by atoms with Crippen LogP contribution in [0.1, 0.15) is 38.4 Å². The highest BCUT2D eigenvalue weighted by atomic mass is 32.2. The van der Waals surface area contributed by atoms with Gasteiger partial charge in [-0.15, -0.1) is 22.0 Å². The number of nitrogens with one attached hydrogen (secondary N) is 2. The van der Waals surface area contributed by atoms with Gasteiger partial charge in [0, 0.05) is 36.2 Å². The van der Waals surface area contributed by atoms with Gasteiger partial charge in [0.1, 0.15) is 12.2 Å². The van der Waals surface area contributed by atoms with Gasteiger partial charge in [0.25, 0.3) is 0 Å². The van der Waals surface area contributed by atoms with Crippen LogP contribution in [0.4, 0.5) is 0 Å². The highest BCUT2D eigenvalue weighted by molar-refractivity contribution is 7.99. The molecule has 2 aromatic rings. The van der Waals surface area contributed by atoms with Gasteiger partial charge in [-0.3, -0.25) is 4.99 Å². The lowest BCUT2D eigenvalue weighted by Crippen LogP contribution is -2.43. The number of rotatable bonds is 9.